The van der Waals surface area contributed by atoms with E-state index < -0.39 is 0 Å². The Morgan fingerprint density at radius 1 is 1.62 bits per heavy atom. The molecule has 1 aliphatic carbocycles. The lowest BCUT2D eigenvalue weighted by molar-refractivity contribution is 0.213. The van der Waals surface area contributed by atoms with E-state index in [0.717, 1.165) is 5.71 Å². The lowest BCUT2D eigenvalue weighted by atomic mass is 10.3. The van der Waals surface area contributed by atoms with E-state index in [1.165, 1.54) is 18.8 Å². The molecule has 1 radical (unpaired) electrons. The molecule has 45 valence electrons. The highest BCUT2D eigenvalue weighted by Crippen LogP contribution is 2.32. The average molecular weight is 112 g/mol. The van der Waals surface area contributed by atoms with Crippen LogP contribution < -0.4 is 0 Å². The first-order chi connectivity index (χ1) is 3.84. The number of oxime groups is 1. The van der Waals surface area contributed by atoms with Gasteiger partial charge in [-0.25, -0.2) is 0 Å². The lowest BCUT2D eigenvalue weighted by Gasteiger charge is -1.90. The molecule has 1 rings (SSSR count). The van der Waals surface area contributed by atoms with Crippen molar-refractivity contribution in [3.63, 3.8) is 0 Å². The van der Waals surface area contributed by atoms with E-state index in [1.54, 1.807) is 7.11 Å². The molecular formula is C6H10NO. The van der Waals surface area contributed by atoms with Crippen molar-refractivity contribution in [1.82, 2.24) is 0 Å². The fraction of sp³-hybridized carbons (Fsp3) is 0.667. The third-order valence-corrected chi connectivity index (χ3v) is 1.24. The third-order valence-electron chi connectivity index (χ3n) is 1.24. The van der Waals surface area contributed by atoms with Gasteiger partial charge in [-0.15, -0.1) is 0 Å². The summed E-state index contributed by atoms with van der Waals surface area (Å²) < 4.78 is 0. The van der Waals surface area contributed by atoms with Gasteiger partial charge in [0.1, 0.15) is 7.11 Å². The van der Waals surface area contributed by atoms with Crippen molar-refractivity contribution in [2.45, 2.75) is 19.8 Å². The fourth-order valence-electron chi connectivity index (χ4n) is 0.626. The van der Waals surface area contributed by atoms with E-state index >= 15 is 0 Å². The van der Waals surface area contributed by atoms with Crippen molar-refractivity contribution in [2.75, 3.05) is 7.11 Å². The van der Waals surface area contributed by atoms with Crippen LogP contribution in [0.1, 0.15) is 19.8 Å². The molecule has 0 aromatic rings. The molecule has 2 heteroatoms. The molecule has 0 aromatic carbocycles. The van der Waals surface area contributed by atoms with Crippen molar-refractivity contribution >= 4 is 5.71 Å². The van der Waals surface area contributed by atoms with E-state index in [-0.39, 0.29) is 0 Å². The first-order valence-corrected chi connectivity index (χ1v) is 2.77. The van der Waals surface area contributed by atoms with Crippen LogP contribution in [0.25, 0.3) is 0 Å². The number of rotatable bonds is 2. The van der Waals surface area contributed by atoms with Crippen molar-refractivity contribution in [3.05, 3.63) is 5.92 Å². The van der Waals surface area contributed by atoms with Crippen LogP contribution in [0.2, 0.25) is 0 Å². The second-order valence-corrected chi connectivity index (χ2v) is 1.96. The van der Waals surface area contributed by atoms with Crippen LogP contribution in [0, 0.1) is 5.92 Å². The zero-order valence-electron chi connectivity index (χ0n) is 5.27. The predicted octanol–water partition coefficient (Wildman–Crippen LogP) is 1.38. The van der Waals surface area contributed by atoms with Crippen LogP contribution in [0.5, 0.6) is 0 Å². The van der Waals surface area contributed by atoms with Gasteiger partial charge in [-0.1, -0.05) is 5.16 Å². The zero-order chi connectivity index (χ0) is 5.98. The Hall–Kier alpha value is -0.530. The van der Waals surface area contributed by atoms with E-state index in [1.807, 2.05) is 6.92 Å². The van der Waals surface area contributed by atoms with Crippen LogP contribution in [-0.4, -0.2) is 12.8 Å². The van der Waals surface area contributed by atoms with E-state index in [0.29, 0.717) is 0 Å². The molecule has 0 bridgehead atoms. The second-order valence-electron chi connectivity index (χ2n) is 1.96. The molecule has 1 fully saturated rings. The summed E-state index contributed by atoms with van der Waals surface area (Å²) in [5.41, 5.74) is 1.06. The minimum absolute atomic E-state index is 1.06. The van der Waals surface area contributed by atoms with Gasteiger partial charge >= 0.3 is 0 Å². The van der Waals surface area contributed by atoms with Gasteiger partial charge in [0, 0.05) is 5.92 Å². The van der Waals surface area contributed by atoms with Crippen LogP contribution in [0.15, 0.2) is 5.16 Å². The maximum atomic E-state index is 4.57. The minimum atomic E-state index is 1.06. The molecule has 0 amide bonds. The van der Waals surface area contributed by atoms with Crippen molar-refractivity contribution in [2.24, 2.45) is 5.16 Å². The molecule has 1 aliphatic rings. The normalized spacial score (nSPS) is 21.0. The molecule has 2 nitrogen and oxygen atoms in total. The maximum absolute atomic E-state index is 4.57. The van der Waals surface area contributed by atoms with Gasteiger partial charge in [-0.05, 0) is 19.8 Å². The fourth-order valence-corrected chi connectivity index (χ4v) is 0.626. The summed E-state index contributed by atoms with van der Waals surface area (Å²) in [7, 11) is 1.58. The van der Waals surface area contributed by atoms with Crippen molar-refractivity contribution < 1.29 is 4.84 Å². The third kappa shape index (κ3) is 1.22. The summed E-state index contributed by atoms with van der Waals surface area (Å²) in [6.45, 7) is 1.98. The van der Waals surface area contributed by atoms with Crippen molar-refractivity contribution in [3.8, 4) is 0 Å². The first kappa shape index (κ1) is 5.60. The Morgan fingerprint density at radius 3 is 2.62 bits per heavy atom. The highest BCUT2D eigenvalue weighted by molar-refractivity contribution is 5.97. The number of hydrogen-bond donors (Lipinski definition) is 0. The molecule has 0 saturated heterocycles. The molecule has 0 N–H and O–H groups in total. The average Bonchev–Trinajstić information content (AvgIpc) is 2.45. The molecule has 0 aliphatic heterocycles. The van der Waals surface area contributed by atoms with Crippen LogP contribution >= 0.6 is 0 Å². The van der Waals surface area contributed by atoms with Crippen LogP contribution in [0.4, 0.5) is 0 Å². The van der Waals surface area contributed by atoms with Gasteiger partial charge in [0.25, 0.3) is 0 Å². The zero-order valence-corrected chi connectivity index (χ0v) is 5.27. The smallest absolute Gasteiger partial charge is 0.106 e. The monoisotopic (exact) mass is 112 g/mol. The Morgan fingerprint density at radius 2 is 2.25 bits per heavy atom. The van der Waals surface area contributed by atoms with Crippen LogP contribution in [-0.2, 0) is 4.84 Å². The summed E-state index contributed by atoms with van der Waals surface area (Å²) in [6.07, 6.45) is 2.44. The quantitative estimate of drug-likeness (QED) is 0.390. The highest BCUT2D eigenvalue weighted by Gasteiger charge is 2.25. The molecular weight excluding hydrogens is 102 g/mol. The number of hydrogen-bond acceptors (Lipinski definition) is 2. The minimum Gasteiger partial charge on any atom is -0.399 e. The SMILES string of the molecule is CON=C(C)[C]1CC1. The van der Waals surface area contributed by atoms with Gasteiger partial charge in [0.2, 0.25) is 0 Å². The summed E-state index contributed by atoms with van der Waals surface area (Å²) in [5.74, 6) is 1.44. The molecule has 0 heterocycles. The van der Waals surface area contributed by atoms with Gasteiger partial charge in [0.05, 0.1) is 5.71 Å². The Kier molecular flexibility index (Phi) is 1.51. The largest absolute Gasteiger partial charge is 0.399 e. The Labute approximate surface area is 49.5 Å². The van der Waals surface area contributed by atoms with Crippen LogP contribution in [0.3, 0.4) is 0 Å². The van der Waals surface area contributed by atoms with E-state index in [2.05, 4.69) is 9.99 Å². The molecule has 0 atom stereocenters. The summed E-state index contributed by atoms with van der Waals surface area (Å²) in [5, 5.41) is 3.77. The Balaban J connectivity index is 2.31. The van der Waals surface area contributed by atoms with E-state index in [9.17, 15) is 0 Å². The van der Waals surface area contributed by atoms with Gasteiger partial charge in [-0.3, -0.25) is 0 Å². The summed E-state index contributed by atoms with van der Waals surface area (Å²) >= 11 is 0. The topological polar surface area (TPSA) is 21.6 Å². The molecule has 0 aromatic heterocycles. The maximum Gasteiger partial charge on any atom is 0.106 e. The molecule has 1 saturated carbocycles. The van der Waals surface area contributed by atoms with Crippen molar-refractivity contribution in [1.29, 1.82) is 0 Å². The highest BCUT2D eigenvalue weighted by atomic mass is 16.6. The predicted molar refractivity (Wildman–Crippen MR) is 32.6 cm³/mol. The molecule has 0 spiro atoms. The summed E-state index contributed by atoms with van der Waals surface area (Å²) in [4.78, 5) is 4.57. The Bertz CT molecular complexity index is 105. The van der Waals surface area contributed by atoms with Gasteiger partial charge in [-0.2, -0.15) is 0 Å². The standard InChI is InChI=1S/C6H10NO/c1-5(7-8-2)6-3-4-6/h3-4H2,1-2H3. The first-order valence-electron chi connectivity index (χ1n) is 2.77. The lowest BCUT2D eigenvalue weighted by Crippen LogP contribution is -1.90. The van der Waals surface area contributed by atoms with E-state index in [4.69, 9.17) is 0 Å². The molecule has 8 heavy (non-hydrogen) atoms. The van der Waals surface area contributed by atoms with Gasteiger partial charge in [0.15, 0.2) is 0 Å². The van der Waals surface area contributed by atoms with Gasteiger partial charge < -0.3 is 4.84 Å². The molecule has 0 unspecified atom stereocenters. The second kappa shape index (κ2) is 2.16. The number of nitrogens with zero attached hydrogens (tertiary/aromatic N) is 1. The summed E-state index contributed by atoms with van der Waals surface area (Å²) in [6, 6.07) is 0.